The molecule has 1 aliphatic rings. The van der Waals surface area contributed by atoms with Gasteiger partial charge in [-0.3, -0.25) is 4.79 Å². The van der Waals surface area contributed by atoms with Gasteiger partial charge in [-0.25, -0.2) is 14.7 Å². The fraction of sp³-hybridized carbons (Fsp3) is 0.286. The fourth-order valence-corrected chi connectivity index (χ4v) is 2.79. The summed E-state index contributed by atoms with van der Waals surface area (Å²) in [6.07, 6.45) is -1.35. The molecule has 1 aromatic rings. The Labute approximate surface area is 131 Å². The van der Waals surface area contributed by atoms with Crippen LogP contribution in [0.4, 0.5) is 4.79 Å². The lowest BCUT2D eigenvalue weighted by Crippen LogP contribution is -2.48. The van der Waals surface area contributed by atoms with Crippen molar-refractivity contribution in [3.63, 3.8) is 0 Å². The van der Waals surface area contributed by atoms with Gasteiger partial charge in [-0.15, -0.1) is 0 Å². The number of nitrogens with zero attached hydrogens (tertiary/aromatic N) is 2. The van der Waals surface area contributed by atoms with E-state index in [0.717, 1.165) is 4.90 Å². The molecule has 1 heterocycles. The third-order valence-corrected chi connectivity index (χ3v) is 3.72. The maximum atomic E-state index is 11.6. The standard InChI is InChI=1S/C14H14N2O5S/c1-7-10(12(17)18)11(16(14(19)20)13(22)15-7)8-4-3-5-9(6-8)21-2/h3-6,10-11H,1-2H3,(H,17,18)(H,19,20). The van der Waals surface area contributed by atoms with Gasteiger partial charge in [-0.1, -0.05) is 12.1 Å². The molecule has 0 aromatic heterocycles. The van der Waals surface area contributed by atoms with Crippen LogP contribution in [0.25, 0.3) is 0 Å². The summed E-state index contributed by atoms with van der Waals surface area (Å²) < 4.78 is 5.11. The summed E-state index contributed by atoms with van der Waals surface area (Å²) >= 11 is 4.99. The average molecular weight is 322 g/mol. The van der Waals surface area contributed by atoms with Gasteiger partial charge in [0.15, 0.2) is 0 Å². The van der Waals surface area contributed by atoms with E-state index < -0.39 is 24.0 Å². The molecule has 2 N–H and O–H groups in total. The second-order valence-electron chi connectivity index (χ2n) is 4.73. The van der Waals surface area contributed by atoms with Crippen LogP contribution in [0.15, 0.2) is 29.3 Å². The number of carbonyl (C=O) groups is 2. The molecular weight excluding hydrogens is 308 g/mol. The van der Waals surface area contributed by atoms with E-state index in [2.05, 4.69) is 4.99 Å². The molecule has 0 bridgehead atoms. The Bertz CT molecular complexity index is 673. The number of hydrogen-bond donors (Lipinski definition) is 2. The summed E-state index contributed by atoms with van der Waals surface area (Å²) in [6, 6.07) is 5.59. The van der Waals surface area contributed by atoms with Gasteiger partial charge < -0.3 is 14.9 Å². The lowest BCUT2D eigenvalue weighted by molar-refractivity contribution is -0.140. The number of hydrogen-bond acceptors (Lipinski definition) is 4. The molecule has 2 rings (SSSR count). The van der Waals surface area contributed by atoms with Crippen molar-refractivity contribution < 1.29 is 24.5 Å². The number of rotatable bonds is 3. The van der Waals surface area contributed by atoms with E-state index in [1.165, 1.54) is 14.0 Å². The summed E-state index contributed by atoms with van der Waals surface area (Å²) in [5, 5.41) is 18.7. The highest BCUT2D eigenvalue weighted by Crippen LogP contribution is 2.35. The Morgan fingerprint density at radius 1 is 1.36 bits per heavy atom. The smallest absolute Gasteiger partial charge is 0.414 e. The van der Waals surface area contributed by atoms with Crippen molar-refractivity contribution in [2.45, 2.75) is 13.0 Å². The lowest BCUT2D eigenvalue weighted by atomic mass is 9.87. The predicted molar refractivity (Wildman–Crippen MR) is 82.4 cm³/mol. The van der Waals surface area contributed by atoms with Crippen molar-refractivity contribution in [2.75, 3.05) is 7.11 Å². The van der Waals surface area contributed by atoms with Crippen LogP contribution in [-0.4, -0.2) is 45.1 Å². The second-order valence-corrected chi connectivity index (χ2v) is 5.09. The monoisotopic (exact) mass is 322 g/mol. The average Bonchev–Trinajstić information content (AvgIpc) is 2.45. The molecule has 1 aromatic carbocycles. The van der Waals surface area contributed by atoms with Crippen LogP contribution >= 0.6 is 12.2 Å². The quantitative estimate of drug-likeness (QED) is 0.827. The second kappa shape index (κ2) is 6.10. The number of aliphatic imine (C=N–C) groups is 1. The van der Waals surface area contributed by atoms with Gasteiger partial charge in [-0.2, -0.15) is 0 Å². The minimum Gasteiger partial charge on any atom is -0.497 e. The zero-order chi connectivity index (χ0) is 16.4. The van der Waals surface area contributed by atoms with Crippen LogP contribution in [0.1, 0.15) is 18.5 Å². The van der Waals surface area contributed by atoms with Crippen LogP contribution < -0.4 is 4.74 Å². The summed E-state index contributed by atoms with van der Waals surface area (Å²) in [6.45, 7) is 1.53. The molecule has 0 saturated carbocycles. The number of carboxylic acids is 1. The highest BCUT2D eigenvalue weighted by atomic mass is 32.1. The Balaban J connectivity index is 2.62. The Morgan fingerprint density at radius 3 is 2.59 bits per heavy atom. The molecule has 2 unspecified atom stereocenters. The number of thiocarbonyl (C=S) groups is 1. The zero-order valence-corrected chi connectivity index (χ0v) is 12.7. The van der Waals surface area contributed by atoms with Gasteiger partial charge in [0, 0.05) is 5.71 Å². The first-order valence-electron chi connectivity index (χ1n) is 6.35. The number of amides is 1. The minimum absolute atomic E-state index is 0.171. The van der Waals surface area contributed by atoms with Gasteiger partial charge in [-0.05, 0) is 36.8 Å². The molecule has 0 spiro atoms. The SMILES string of the molecule is COc1cccc(C2C(C(=O)O)C(C)=NC(=S)N2C(=O)O)c1. The first-order valence-corrected chi connectivity index (χ1v) is 6.75. The topological polar surface area (TPSA) is 99.4 Å². The third-order valence-electron chi connectivity index (χ3n) is 3.43. The molecular formula is C14H14N2O5S. The van der Waals surface area contributed by atoms with Gasteiger partial charge in [0.1, 0.15) is 11.7 Å². The van der Waals surface area contributed by atoms with Gasteiger partial charge >= 0.3 is 12.1 Å². The van der Waals surface area contributed by atoms with Crippen molar-refractivity contribution in [3.05, 3.63) is 29.8 Å². The summed E-state index contributed by atoms with van der Waals surface area (Å²) in [7, 11) is 1.47. The van der Waals surface area contributed by atoms with Gasteiger partial charge in [0.25, 0.3) is 0 Å². The van der Waals surface area contributed by atoms with E-state index in [0.29, 0.717) is 11.3 Å². The van der Waals surface area contributed by atoms with Crippen molar-refractivity contribution in [2.24, 2.45) is 10.9 Å². The molecule has 7 nitrogen and oxygen atoms in total. The predicted octanol–water partition coefficient (Wildman–Crippen LogP) is 2.18. The molecule has 0 fully saturated rings. The molecule has 0 aliphatic carbocycles. The summed E-state index contributed by atoms with van der Waals surface area (Å²) in [4.78, 5) is 27.8. The largest absolute Gasteiger partial charge is 0.497 e. The van der Waals surface area contributed by atoms with E-state index >= 15 is 0 Å². The summed E-state index contributed by atoms with van der Waals surface area (Å²) in [5.74, 6) is -1.78. The first-order chi connectivity index (χ1) is 10.4. The minimum atomic E-state index is -1.35. The van der Waals surface area contributed by atoms with Crippen LogP contribution in [0, 0.1) is 5.92 Å². The van der Waals surface area contributed by atoms with Crippen molar-refractivity contribution >= 4 is 35.1 Å². The van der Waals surface area contributed by atoms with Crippen molar-refractivity contribution in [1.29, 1.82) is 0 Å². The summed E-state index contributed by atoms with van der Waals surface area (Å²) in [5.41, 5.74) is 0.744. The molecule has 0 saturated heterocycles. The van der Waals surface area contributed by atoms with Gasteiger partial charge in [0.2, 0.25) is 5.11 Å². The van der Waals surface area contributed by atoms with E-state index in [9.17, 15) is 19.8 Å². The molecule has 1 aliphatic heterocycles. The van der Waals surface area contributed by atoms with Crippen molar-refractivity contribution in [1.82, 2.24) is 4.90 Å². The van der Waals surface area contributed by atoms with Crippen molar-refractivity contribution in [3.8, 4) is 5.75 Å². The first kappa shape index (κ1) is 15.9. The fourth-order valence-electron chi connectivity index (χ4n) is 2.45. The highest BCUT2D eigenvalue weighted by Gasteiger charge is 2.43. The molecule has 1 amide bonds. The molecule has 0 radical (unpaired) electrons. The van der Waals surface area contributed by atoms with E-state index in [1.54, 1.807) is 24.3 Å². The maximum Gasteiger partial charge on any atom is 0.414 e. The zero-order valence-electron chi connectivity index (χ0n) is 11.9. The Kier molecular flexibility index (Phi) is 4.41. The van der Waals surface area contributed by atoms with Crippen LogP contribution in [0.2, 0.25) is 0 Å². The third kappa shape index (κ3) is 2.77. The normalized spacial score (nSPS) is 21.3. The number of ether oxygens (including phenoxy) is 1. The molecule has 116 valence electrons. The molecule has 2 atom stereocenters. The molecule has 8 heteroatoms. The van der Waals surface area contributed by atoms with E-state index in [-0.39, 0.29) is 10.8 Å². The Hall–Kier alpha value is -2.48. The maximum absolute atomic E-state index is 11.6. The Morgan fingerprint density at radius 2 is 2.05 bits per heavy atom. The number of carboxylic acid groups (broad SMARTS) is 2. The lowest BCUT2D eigenvalue weighted by Gasteiger charge is -2.36. The molecule has 22 heavy (non-hydrogen) atoms. The number of aliphatic carboxylic acids is 1. The van der Waals surface area contributed by atoms with Crippen LogP contribution in [0.5, 0.6) is 5.75 Å². The highest BCUT2D eigenvalue weighted by molar-refractivity contribution is 7.80. The van der Waals surface area contributed by atoms with Gasteiger partial charge in [0.05, 0.1) is 13.2 Å². The number of methoxy groups -OCH3 is 1. The van der Waals surface area contributed by atoms with E-state index in [1.807, 2.05) is 0 Å². The number of benzene rings is 1. The van der Waals surface area contributed by atoms with Crippen LogP contribution in [-0.2, 0) is 4.79 Å². The van der Waals surface area contributed by atoms with Crippen LogP contribution in [0.3, 0.4) is 0 Å². The van der Waals surface area contributed by atoms with E-state index in [4.69, 9.17) is 17.0 Å².